The van der Waals surface area contributed by atoms with Crippen molar-refractivity contribution in [3.8, 4) is 0 Å². The van der Waals surface area contributed by atoms with Crippen LogP contribution in [0.1, 0.15) is 33.5 Å². The third kappa shape index (κ3) is 2.42. The first-order valence-electron chi connectivity index (χ1n) is 6.61. The van der Waals surface area contributed by atoms with Crippen molar-refractivity contribution in [3.63, 3.8) is 0 Å². The minimum absolute atomic E-state index is 0.344. The summed E-state index contributed by atoms with van der Waals surface area (Å²) in [5.41, 5.74) is 2.91. The SMILES string of the molecule is CCc1nc(CN2C(=O)C(=O)c3cc(Br)cc(C)c32)cs1. The average molecular weight is 365 g/mol. The third-order valence-corrected chi connectivity index (χ3v) is 4.94. The highest BCUT2D eigenvalue weighted by Crippen LogP contribution is 2.36. The maximum atomic E-state index is 12.2. The highest BCUT2D eigenvalue weighted by molar-refractivity contribution is 9.10. The number of anilines is 1. The van der Waals surface area contributed by atoms with Gasteiger partial charge in [-0.05, 0) is 31.0 Å². The number of aromatic nitrogens is 1. The van der Waals surface area contributed by atoms with Gasteiger partial charge in [-0.3, -0.25) is 14.5 Å². The number of nitrogens with zero attached hydrogens (tertiary/aromatic N) is 2. The average Bonchev–Trinajstić information content (AvgIpc) is 2.98. The minimum atomic E-state index is -0.475. The number of hydrogen-bond donors (Lipinski definition) is 0. The van der Waals surface area contributed by atoms with E-state index in [4.69, 9.17) is 0 Å². The molecule has 2 heterocycles. The number of carbonyl (C=O) groups excluding carboxylic acids is 2. The summed E-state index contributed by atoms with van der Waals surface area (Å²) in [6, 6.07) is 3.62. The van der Waals surface area contributed by atoms with Gasteiger partial charge in [-0.2, -0.15) is 0 Å². The van der Waals surface area contributed by atoms with Crippen LogP contribution in [0.2, 0.25) is 0 Å². The zero-order valence-electron chi connectivity index (χ0n) is 11.6. The van der Waals surface area contributed by atoms with Crippen LogP contribution in [0.15, 0.2) is 22.0 Å². The molecule has 108 valence electrons. The molecule has 0 N–H and O–H groups in total. The van der Waals surface area contributed by atoms with Crippen LogP contribution in [0.4, 0.5) is 5.69 Å². The van der Waals surface area contributed by atoms with Gasteiger partial charge in [-0.15, -0.1) is 11.3 Å². The molecule has 0 bridgehead atoms. The Bertz CT molecular complexity index is 754. The number of fused-ring (bicyclic) bond motifs is 1. The monoisotopic (exact) mass is 364 g/mol. The highest BCUT2D eigenvalue weighted by Gasteiger charge is 2.37. The summed E-state index contributed by atoms with van der Waals surface area (Å²) < 4.78 is 0.809. The van der Waals surface area contributed by atoms with E-state index in [9.17, 15) is 9.59 Å². The van der Waals surface area contributed by atoms with Gasteiger partial charge in [-0.25, -0.2) is 4.98 Å². The molecule has 0 saturated carbocycles. The van der Waals surface area contributed by atoms with Crippen LogP contribution in [0.5, 0.6) is 0 Å². The van der Waals surface area contributed by atoms with Crippen molar-refractivity contribution in [1.29, 1.82) is 0 Å². The van der Waals surface area contributed by atoms with E-state index in [2.05, 4.69) is 20.9 Å². The fourth-order valence-electron chi connectivity index (χ4n) is 2.50. The Hall–Kier alpha value is -1.53. The number of ketones is 1. The van der Waals surface area contributed by atoms with Gasteiger partial charge in [0, 0.05) is 9.85 Å². The van der Waals surface area contributed by atoms with Crippen molar-refractivity contribution in [1.82, 2.24) is 4.98 Å². The maximum absolute atomic E-state index is 12.2. The molecule has 1 aromatic carbocycles. The molecule has 2 aromatic rings. The number of carbonyl (C=O) groups is 2. The molecule has 0 spiro atoms. The molecule has 0 unspecified atom stereocenters. The van der Waals surface area contributed by atoms with Gasteiger partial charge in [0.1, 0.15) is 0 Å². The fraction of sp³-hybridized carbons (Fsp3) is 0.267. The number of halogens is 1. The van der Waals surface area contributed by atoms with Gasteiger partial charge < -0.3 is 0 Å². The smallest absolute Gasteiger partial charge is 0.298 e. The summed E-state index contributed by atoms with van der Waals surface area (Å²) in [7, 11) is 0. The first-order valence-corrected chi connectivity index (χ1v) is 8.28. The number of hydrogen-bond acceptors (Lipinski definition) is 4. The zero-order chi connectivity index (χ0) is 15.1. The standard InChI is InChI=1S/C15H13BrN2O2S/c1-3-12-17-10(7-21-12)6-18-13-8(2)4-9(16)5-11(13)14(19)15(18)20/h4-5,7H,3,6H2,1-2H3. The normalized spacial score (nSPS) is 14.0. The van der Waals surface area contributed by atoms with Crippen molar-refractivity contribution in [2.24, 2.45) is 0 Å². The molecule has 0 aliphatic carbocycles. The van der Waals surface area contributed by atoms with E-state index in [1.54, 1.807) is 17.4 Å². The topological polar surface area (TPSA) is 50.3 Å². The van der Waals surface area contributed by atoms with Crippen molar-refractivity contribution in [2.75, 3.05) is 4.90 Å². The lowest BCUT2D eigenvalue weighted by molar-refractivity contribution is -0.114. The van der Waals surface area contributed by atoms with Gasteiger partial charge in [0.05, 0.1) is 28.5 Å². The molecule has 4 nitrogen and oxygen atoms in total. The summed E-state index contributed by atoms with van der Waals surface area (Å²) >= 11 is 4.95. The van der Waals surface area contributed by atoms with Crippen LogP contribution < -0.4 is 4.90 Å². The van der Waals surface area contributed by atoms with E-state index in [-0.39, 0.29) is 0 Å². The van der Waals surface area contributed by atoms with Crippen LogP contribution in [0.3, 0.4) is 0 Å². The van der Waals surface area contributed by atoms with Crippen LogP contribution in [-0.2, 0) is 17.8 Å². The molecule has 6 heteroatoms. The molecule has 1 aliphatic rings. The number of aryl methyl sites for hydroxylation is 2. The van der Waals surface area contributed by atoms with Crippen molar-refractivity contribution < 1.29 is 9.59 Å². The van der Waals surface area contributed by atoms with Crippen LogP contribution in [0, 0.1) is 6.92 Å². The van der Waals surface area contributed by atoms with Crippen LogP contribution in [0.25, 0.3) is 0 Å². The molecule has 1 aliphatic heterocycles. The quantitative estimate of drug-likeness (QED) is 0.783. The number of Topliss-reactive ketones (excluding diaryl/α,β-unsaturated/α-hetero) is 1. The summed E-state index contributed by atoms with van der Waals surface area (Å²) in [6.45, 7) is 4.29. The lowest BCUT2D eigenvalue weighted by Gasteiger charge is -2.17. The lowest BCUT2D eigenvalue weighted by atomic mass is 10.1. The molecule has 0 saturated heterocycles. The Morgan fingerprint density at radius 2 is 2.10 bits per heavy atom. The first-order chi connectivity index (χ1) is 10.0. The molecule has 1 amide bonds. The van der Waals surface area contributed by atoms with Crippen molar-refractivity contribution in [2.45, 2.75) is 26.8 Å². The lowest BCUT2D eigenvalue weighted by Crippen LogP contribution is -2.29. The molecule has 0 radical (unpaired) electrons. The maximum Gasteiger partial charge on any atom is 0.299 e. The van der Waals surface area contributed by atoms with E-state index < -0.39 is 11.7 Å². The number of thiazole rings is 1. The van der Waals surface area contributed by atoms with Crippen molar-refractivity contribution in [3.05, 3.63) is 43.8 Å². The van der Waals surface area contributed by atoms with Crippen molar-refractivity contribution >= 4 is 44.6 Å². The first kappa shape index (κ1) is 14.4. The second kappa shape index (κ2) is 5.35. The highest BCUT2D eigenvalue weighted by atomic mass is 79.9. The number of rotatable bonds is 3. The van der Waals surface area contributed by atoms with E-state index in [1.807, 2.05) is 25.3 Å². The zero-order valence-corrected chi connectivity index (χ0v) is 14.0. The van der Waals surface area contributed by atoms with Gasteiger partial charge in [0.2, 0.25) is 0 Å². The van der Waals surface area contributed by atoms with E-state index in [1.165, 1.54) is 4.90 Å². The van der Waals surface area contributed by atoms with Gasteiger partial charge in [0.15, 0.2) is 0 Å². The van der Waals surface area contributed by atoms with Gasteiger partial charge in [-0.1, -0.05) is 22.9 Å². The predicted octanol–water partition coefficient (Wildman–Crippen LogP) is 3.51. The summed E-state index contributed by atoms with van der Waals surface area (Å²) in [5.74, 6) is -0.919. The largest absolute Gasteiger partial charge is 0.299 e. The summed E-state index contributed by atoms with van der Waals surface area (Å²) in [6.07, 6.45) is 0.875. The Morgan fingerprint density at radius 3 is 2.76 bits per heavy atom. The van der Waals surface area contributed by atoms with Crippen LogP contribution in [-0.4, -0.2) is 16.7 Å². The summed E-state index contributed by atoms with van der Waals surface area (Å²) in [5, 5.41) is 2.98. The Labute approximate surface area is 134 Å². The number of amides is 1. The Morgan fingerprint density at radius 1 is 1.33 bits per heavy atom. The van der Waals surface area contributed by atoms with Gasteiger partial charge >= 0.3 is 0 Å². The van der Waals surface area contributed by atoms with E-state index >= 15 is 0 Å². The second-order valence-corrected chi connectivity index (χ2v) is 6.78. The molecule has 1 aromatic heterocycles. The van der Waals surface area contributed by atoms with Crippen LogP contribution >= 0.6 is 27.3 Å². The molecule has 21 heavy (non-hydrogen) atoms. The molecule has 0 atom stereocenters. The molecular weight excluding hydrogens is 352 g/mol. The molecule has 3 rings (SSSR count). The number of benzene rings is 1. The third-order valence-electron chi connectivity index (χ3n) is 3.44. The molecule has 0 fully saturated rings. The predicted molar refractivity (Wildman–Crippen MR) is 85.9 cm³/mol. The van der Waals surface area contributed by atoms with Gasteiger partial charge in [0.25, 0.3) is 11.7 Å². The Kier molecular flexibility index (Phi) is 3.67. The molecular formula is C15H13BrN2O2S. The second-order valence-electron chi connectivity index (χ2n) is 4.93. The van der Waals surface area contributed by atoms with E-state index in [0.717, 1.165) is 27.2 Å². The Balaban J connectivity index is 2.01. The minimum Gasteiger partial charge on any atom is -0.298 e. The summed E-state index contributed by atoms with van der Waals surface area (Å²) in [4.78, 5) is 30.4. The van der Waals surface area contributed by atoms with E-state index in [0.29, 0.717) is 17.8 Å². The fourth-order valence-corrected chi connectivity index (χ4v) is 3.81.